The number of allylic oxidation sites excluding steroid dienone is 1. The maximum absolute atomic E-state index is 13.6. The molecule has 0 fully saturated rings. The van der Waals surface area contributed by atoms with Gasteiger partial charge in [-0.15, -0.1) is 0 Å². The van der Waals surface area contributed by atoms with E-state index >= 15 is 0 Å². The van der Waals surface area contributed by atoms with Gasteiger partial charge in [0, 0.05) is 35.0 Å². The number of rotatable bonds is 3. The highest BCUT2D eigenvalue weighted by atomic mass is 16.2. The van der Waals surface area contributed by atoms with E-state index in [0.29, 0.717) is 0 Å². The molecule has 1 unspecified atom stereocenters. The van der Waals surface area contributed by atoms with E-state index in [1.54, 1.807) is 0 Å². The lowest BCUT2D eigenvalue weighted by molar-refractivity contribution is -0.120. The van der Waals surface area contributed by atoms with Crippen LogP contribution in [0.2, 0.25) is 0 Å². The van der Waals surface area contributed by atoms with E-state index in [1.165, 1.54) is 0 Å². The fourth-order valence-electron chi connectivity index (χ4n) is 5.74. The third-order valence-corrected chi connectivity index (χ3v) is 7.16. The van der Waals surface area contributed by atoms with Crippen LogP contribution in [0.1, 0.15) is 39.2 Å². The first kappa shape index (κ1) is 20.0. The highest BCUT2D eigenvalue weighted by Gasteiger charge is 2.53. The van der Waals surface area contributed by atoms with Gasteiger partial charge in [-0.1, -0.05) is 25.1 Å². The van der Waals surface area contributed by atoms with Crippen molar-refractivity contribution in [3.05, 3.63) is 71.3 Å². The summed E-state index contributed by atoms with van der Waals surface area (Å²) < 4.78 is 1.95. The Kier molecular flexibility index (Phi) is 4.18. The van der Waals surface area contributed by atoms with Gasteiger partial charge < -0.3 is 16.0 Å². The van der Waals surface area contributed by atoms with Gasteiger partial charge in [0.2, 0.25) is 0 Å². The molecule has 0 saturated carbocycles. The molecule has 8 nitrogen and oxygen atoms in total. The fraction of sp³-hybridized carbons (Fsp3) is 0.360. The van der Waals surface area contributed by atoms with E-state index in [0.717, 1.165) is 58.7 Å². The van der Waals surface area contributed by atoms with E-state index in [9.17, 15) is 4.79 Å². The quantitative estimate of drug-likeness (QED) is 0.672. The Morgan fingerprint density at radius 2 is 2.15 bits per heavy atom. The molecule has 1 aromatic carbocycles. The van der Waals surface area contributed by atoms with E-state index in [-0.39, 0.29) is 17.6 Å². The molecular formula is C25H27N7O. The number of fused-ring (bicyclic) bond motifs is 2. The Bertz CT molecular complexity index is 1300. The first-order valence-corrected chi connectivity index (χ1v) is 11.4. The summed E-state index contributed by atoms with van der Waals surface area (Å²) in [4.78, 5) is 13.6. The van der Waals surface area contributed by atoms with Crippen LogP contribution in [0.15, 0.2) is 76.0 Å². The standard InChI is InChI=1S/C25H27N7O/c1-4-25(16-8-5-7-15(11-16)17-13-28-32-10-6-9-26-22(17)32)18-14-27-31-21(18)29-19-12-24(2,3)30-23(33)20(19)25/h5-9,11,13-14,21,26,29H,4,10,12H2,1-3H3,(H,30,33)/t21?,25-/m1/s1. The summed E-state index contributed by atoms with van der Waals surface area (Å²) in [5, 5.41) is 23.3. The summed E-state index contributed by atoms with van der Waals surface area (Å²) in [6.45, 7) is 6.99. The van der Waals surface area contributed by atoms with Gasteiger partial charge in [-0.3, -0.25) is 4.79 Å². The molecule has 5 heterocycles. The van der Waals surface area contributed by atoms with Crippen LogP contribution in [0.4, 0.5) is 5.82 Å². The van der Waals surface area contributed by atoms with E-state index in [4.69, 9.17) is 0 Å². The third kappa shape index (κ3) is 2.83. The molecule has 4 aliphatic heterocycles. The van der Waals surface area contributed by atoms with Crippen molar-refractivity contribution in [2.24, 2.45) is 10.2 Å². The lowest BCUT2D eigenvalue weighted by atomic mass is 9.62. The maximum Gasteiger partial charge on any atom is 0.250 e. The summed E-state index contributed by atoms with van der Waals surface area (Å²) in [6, 6.07) is 8.48. The zero-order valence-electron chi connectivity index (χ0n) is 19.0. The van der Waals surface area contributed by atoms with Crippen LogP contribution >= 0.6 is 0 Å². The Labute approximate surface area is 192 Å². The van der Waals surface area contributed by atoms with Crippen molar-refractivity contribution in [2.45, 2.75) is 57.3 Å². The molecule has 168 valence electrons. The molecule has 1 amide bonds. The minimum atomic E-state index is -0.605. The average molecular weight is 442 g/mol. The first-order valence-electron chi connectivity index (χ1n) is 11.4. The van der Waals surface area contributed by atoms with Gasteiger partial charge in [0.1, 0.15) is 5.82 Å². The number of aromatic nitrogens is 2. The van der Waals surface area contributed by atoms with Crippen molar-refractivity contribution < 1.29 is 4.79 Å². The normalized spacial score (nSPS) is 26.6. The van der Waals surface area contributed by atoms with E-state index in [1.807, 2.05) is 29.4 Å². The van der Waals surface area contributed by atoms with Gasteiger partial charge in [0.05, 0.1) is 29.9 Å². The number of hydrogen-bond donors (Lipinski definition) is 3. The highest BCUT2D eigenvalue weighted by Crippen LogP contribution is 2.51. The smallest absolute Gasteiger partial charge is 0.250 e. The number of nitrogens with one attached hydrogen (secondary N) is 3. The van der Waals surface area contributed by atoms with Crippen molar-refractivity contribution in [3.63, 3.8) is 0 Å². The largest absolute Gasteiger partial charge is 0.362 e. The van der Waals surface area contributed by atoms with Crippen LogP contribution in [0.3, 0.4) is 0 Å². The zero-order chi connectivity index (χ0) is 22.8. The number of anilines is 1. The van der Waals surface area contributed by atoms with Crippen LogP contribution in [0.5, 0.6) is 0 Å². The van der Waals surface area contributed by atoms with Gasteiger partial charge in [-0.05, 0) is 43.5 Å². The van der Waals surface area contributed by atoms with Crippen molar-refractivity contribution in [2.75, 3.05) is 5.32 Å². The van der Waals surface area contributed by atoms with Crippen molar-refractivity contribution in [1.82, 2.24) is 20.4 Å². The minimum Gasteiger partial charge on any atom is -0.362 e. The molecular weight excluding hydrogens is 414 g/mol. The number of carbonyl (C=O) groups excluding carboxylic acids is 1. The first-order chi connectivity index (χ1) is 15.9. The molecule has 33 heavy (non-hydrogen) atoms. The topological polar surface area (TPSA) is 95.7 Å². The minimum absolute atomic E-state index is 0.0260. The summed E-state index contributed by atoms with van der Waals surface area (Å²) in [7, 11) is 0. The molecule has 0 saturated heterocycles. The molecule has 1 aromatic heterocycles. The van der Waals surface area contributed by atoms with Gasteiger partial charge in [-0.25, -0.2) is 4.68 Å². The predicted octanol–water partition coefficient (Wildman–Crippen LogP) is 3.97. The molecule has 0 spiro atoms. The van der Waals surface area contributed by atoms with Crippen LogP contribution in [0, 0.1) is 0 Å². The van der Waals surface area contributed by atoms with Crippen molar-refractivity contribution in [1.29, 1.82) is 0 Å². The van der Waals surface area contributed by atoms with Crippen molar-refractivity contribution >= 4 is 11.7 Å². The maximum atomic E-state index is 13.6. The van der Waals surface area contributed by atoms with Gasteiger partial charge in [0.25, 0.3) is 5.91 Å². The molecule has 6 rings (SSSR count). The summed E-state index contributed by atoms with van der Waals surface area (Å²) in [5.74, 6) is 0.951. The molecule has 2 atom stereocenters. The number of amides is 1. The summed E-state index contributed by atoms with van der Waals surface area (Å²) >= 11 is 0. The number of azo groups is 1. The highest BCUT2D eigenvalue weighted by molar-refractivity contribution is 6.00. The molecule has 8 heteroatoms. The Morgan fingerprint density at radius 1 is 1.27 bits per heavy atom. The lowest BCUT2D eigenvalue weighted by Gasteiger charge is -2.48. The van der Waals surface area contributed by atoms with Crippen LogP contribution in [0.25, 0.3) is 11.1 Å². The second-order valence-corrected chi connectivity index (χ2v) is 9.71. The Balaban J connectivity index is 1.55. The SMILES string of the molecule is CC[C@@]1(c2cccc(-c3cnn4c3NC=CC4)c2)C2=CN=NC2NC2=C1C(=O)NC(C)(C)C2. The predicted molar refractivity (Wildman–Crippen MR) is 126 cm³/mol. The Hall–Kier alpha value is -3.68. The number of carbonyl (C=O) groups is 1. The van der Waals surface area contributed by atoms with Gasteiger partial charge in [0.15, 0.2) is 6.17 Å². The zero-order valence-corrected chi connectivity index (χ0v) is 19.0. The summed E-state index contributed by atoms with van der Waals surface area (Å²) in [6.07, 6.45) is 8.93. The van der Waals surface area contributed by atoms with Crippen molar-refractivity contribution in [3.8, 4) is 11.1 Å². The monoisotopic (exact) mass is 441 g/mol. The van der Waals surface area contributed by atoms with Gasteiger partial charge in [-0.2, -0.15) is 15.3 Å². The molecule has 0 aliphatic carbocycles. The molecule has 0 bridgehead atoms. The second-order valence-electron chi connectivity index (χ2n) is 9.71. The van der Waals surface area contributed by atoms with Crippen LogP contribution in [-0.4, -0.2) is 27.4 Å². The third-order valence-electron chi connectivity index (χ3n) is 7.16. The fourth-order valence-corrected chi connectivity index (χ4v) is 5.74. The molecule has 2 aromatic rings. The number of benzene rings is 1. The average Bonchev–Trinajstić information content (AvgIpc) is 3.44. The van der Waals surface area contributed by atoms with E-state index in [2.05, 4.69) is 76.3 Å². The van der Waals surface area contributed by atoms with Crippen LogP contribution in [-0.2, 0) is 16.8 Å². The molecule has 0 radical (unpaired) electrons. The van der Waals surface area contributed by atoms with Crippen LogP contribution < -0.4 is 16.0 Å². The van der Waals surface area contributed by atoms with Gasteiger partial charge >= 0.3 is 0 Å². The number of nitrogens with zero attached hydrogens (tertiary/aromatic N) is 4. The van der Waals surface area contributed by atoms with E-state index < -0.39 is 5.41 Å². The molecule has 3 N–H and O–H groups in total. The summed E-state index contributed by atoms with van der Waals surface area (Å²) in [5.41, 5.74) is 5.02. The lowest BCUT2D eigenvalue weighted by Crippen LogP contribution is -2.58. The second kappa shape index (κ2) is 6.91. The molecule has 4 aliphatic rings. The Morgan fingerprint density at radius 3 is 3.00 bits per heavy atom. The number of hydrogen-bond acceptors (Lipinski definition) is 6.